The van der Waals surface area contributed by atoms with Crippen LogP contribution in [0.25, 0.3) is 0 Å². The van der Waals surface area contributed by atoms with Gasteiger partial charge in [-0.25, -0.2) is 0 Å². The van der Waals surface area contributed by atoms with Crippen molar-refractivity contribution in [2.45, 2.75) is 13.8 Å². The SMILES string of the molecule is CCN(C)C(=O)CNc1cccc(C)c1C#N. The maximum Gasteiger partial charge on any atom is 0.241 e. The van der Waals surface area contributed by atoms with Crippen LogP contribution in [0.2, 0.25) is 0 Å². The van der Waals surface area contributed by atoms with Gasteiger partial charge in [0.25, 0.3) is 0 Å². The highest BCUT2D eigenvalue weighted by Gasteiger charge is 2.08. The molecule has 1 amide bonds. The average molecular weight is 231 g/mol. The molecule has 0 aliphatic carbocycles. The molecule has 4 nitrogen and oxygen atoms in total. The summed E-state index contributed by atoms with van der Waals surface area (Å²) >= 11 is 0. The first kappa shape index (κ1) is 13.0. The predicted octanol–water partition coefficient (Wildman–Crippen LogP) is 1.76. The van der Waals surface area contributed by atoms with E-state index >= 15 is 0 Å². The fourth-order valence-corrected chi connectivity index (χ4v) is 1.45. The highest BCUT2D eigenvalue weighted by atomic mass is 16.2. The van der Waals surface area contributed by atoms with Gasteiger partial charge in [-0.05, 0) is 25.5 Å². The van der Waals surface area contributed by atoms with Crippen LogP contribution in [0.5, 0.6) is 0 Å². The second kappa shape index (κ2) is 5.90. The molecule has 0 saturated carbocycles. The molecule has 0 spiro atoms. The molecule has 4 heteroatoms. The summed E-state index contributed by atoms with van der Waals surface area (Å²) in [5, 5.41) is 12.0. The molecule has 0 bridgehead atoms. The largest absolute Gasteiger partial charge is 0.375 e. The molecular weight excluding hydrogens is 214 g/mol. The maximum absolute atomic E-state index is 11.6. The van der Waals surface area contributed by atoms with Crippen molar-refractivity contribution in [3.05, 3.63) is 29.3 Å². The van der Waals surface area contributed by atoms with Crippen molar-refractivity contribution in [3.63, 3.8) is 0 Å². The van der Waals surface area contributed by atoms with Crippen LogP contribution in [0.15, 0.2) is 18.2 Å². The number of amides is 1. The summed E-state index contributed by atoms with van der Waals surface area (Å²) in [6.07, 6.45) is 0. The van der Waals surface area contributed by atoms with Crippen molar-refractivity contribution in [1.82, 2.24) is 4.90 Å². The molecule has 0 heterocycles. The van der Waals surface area contributed by atoms with Crippen LogP contribution in [0.3, 0.4) is 0 Å². The standard InChI is InChI=1S/C13H17N3O/c1-4-16(3)13(17)9-15-12-7-5-6-10(2)11(12)8-14/h5-7,15H,4,9H2,1-3H3. The summed E-state index contributed by atoms with van der Waals surface area (Å²) in [7, 11) is 1.76. The molecule has 1 aromatic rings. The fraction of sp³-hybridized carbons (Fsp3) is 0.385. The lowest BCUT2D eigenvalue weighted by Crippen LogP contribution is -2.32. The molecule has 0 aromatic heterocycles. The minimum Gasteiger partial charge on any atom is -0.375 e. The van der Waals surface area contributed by atoms with Gasteiger partial charge in [-0.2, -0.15) is 5.26 Å². The van der Waals surface area contributed by atoms with Gasteiger partial charge in [-0.1, -0.05) is 12.1 Å². The van der Waals surface area contributed by atoms with Crippen molar-refractivity contribution >= 4 is 11.6 Å². The van der Waals surface area contributed by atoms with Crippen LogP contribution in [-0.4, -0.2) is 30.9 Å². The second-order valence-corrected chi connectivity index (χ2v) is 3.87. The Hall–Kier alpha value is -2.02. The third kappa shape index (κ3) is 3.22. The monoisotopic (exact) mass is 231 g/mol. The van der Waals surface area contributed by atoms with E-state index in [-0.39, 0.29) is 12.5 Å². The normalized spacial score (nSPS) is 9.53. The molecule has 1 rings (SSSR count). The molecule has 0 aliphatic heterocycles. The van der Waals surface area contributed by atoms with Gasteiger partial charge in [0.15, 0.2) is 0 Å². The number of nitriles is 1. The van der Waals surface area contributed by atoms with Crippen molar-refractivity contribution in [2.24, 2.45) is 0 Å². The van der Waals surface area contributed by atoms with Gasteiger partial charge in [0.2, 0.25) is 5.91 Å². The molecule has 0 unspecified atom stereocenters. The number of aryl methyl sites for hydroxylation is 1. The number of carbonyl (C=O) groups is 1. The highest BCUT2D eigenvalue weighted by molar-refractivity contribution is 5.81. The second-order valence-electron chi connectivity index (χ2n) is 3.87. The van der Waals surface area contributed by atoms with E-state index in [0.717, 1.165) is 5.56 Å². The molecule has 0 atom stereocenters. The third-order valence-corrected chi connectivity index (χ3v) is 2.71. The maximum atomic E-state index is 11.6. The van der Waals surface area contributed by atoms with E-state index in [1.165, 1.54) is 0 Å². The van der Waals surface area contributed by atoms with Crippen LogP contribution < -0.4 is 5.32 Å². The number of nitrogens with zero attached hydrogens (tertiary/aromatic N) is 2. The lowest BCUT2D eigenvalue weighted by molar-refractivity contribution is -0.127. The average Bonchev–Trinajstić information content (AvgIpc) is 2.34. The summed E-state index contributed by atoms with van der Waals surface area (Å²) in [5.41, 5.74) is 2.22. The number of hydrogen-bond acceptors (Lipinski definition) is 3. The first-order chi connectivity index (χ1) is 8.10. The molecule has 17 heavy (non-hydrogen) atoms. The number of anilines is 1. The first-order valence-corrected chi connectivity index (χ1v) is 5.57. The van der Waals surface area contributed by atoms with E-state index in [4.69, 9.17) is 5.26 Å². The molecule has 0 radical (unpaired) electrons. The summed E-state index contributed by atoms with van der Waals surface area (Å²) < 4.78 is 0. The number of nitrogens with one attached hydrogen (secondary N) is 1. The molecular formula is C13H17N3O. The number of hydrogen-bond donors (Lipinski definition) is 1. The van der Waals surface area contributed by atoms with Crippen LogP contribution in [0, 0.1) is 18.3 Å². The number of carbonyl (C=O) groups excluding carboxylic acids is 1. The fourth-order valence-electron chi connectivity index (χ4n) is 1.45. The quantitative estimate of drug-likeness (QED) is 0.859. The summed E-state index contributed by atoms with van der Waals surface area (Å²) in [4.78, 5) is 13.2. The molecule has 0 saturated heterocycles. The zero-order chi connectivity index (χ0) is 12.8. The van der Waals surface area contributed by atoms with E-state index in [2.05, 4.69) is 11.4 Å². The van der Waals surface area contributed by atoms with Crippen LogP contribution in [0.4, 0.5) is 5.69 Å². The Morgan fingerprint density at radius 3 is 2.82 bits per heavy atom. The van der Waals surface area contributed by atoms with Gasteiger partial charge in [0.05, 0.1) is 17.8 Å². The van der Waals surface area contributed by atoms with Crippen LogP contribution in [-0.2, 0) is 4.79 Å². The smallest absolute Gasteiger partial charge is 0.241 e. The molecule has 90 valence electrons. The van der Waals surface area contributed by atoms with Crippen molar-refractivity contribution in [2.75, 3.05) is 25.5 Å². The zero-order valence-electron chi connectivity index (χ0n) is 10.4. The summed E-state index contributed by atoms with van der Waals surface area (Å²) in [6.45, 7) is 4.69. The van der Waals surface area contributed by atoms with Crippen LogP contribution in [0.1, 0.15) is 18.1 Å². The minimum absolute atomic E-state index is 0.0119. The molecule has 1 N–H and O–H groups in total. The first-order valence-electron chi connectivity index (χ1n) is 5.57. The number of rotatable bonds is 4. The number of likely N-dealkylation sites (N-methyl/N-ethyl adjacent to an activating group) is 1. The molecule has 1 aromatic carbocycles. The van der Waals surface area contributed by atoms with Gasteiger partial charge in [-0.15, -0.1) is 0 Å². The molecule has 0 aliphatic rings. The topological polar surface area (TPSA) is 56.1 Å². The predicted molar refractivity (Wildman–Crippen MR) is 67.7 cm³/mol. The Balaban J connectivity index is 2.74. The lowest BCUT2D eigenvalue weighted by Gasteiger charge is -2.16. The van der Waals surface area contributed by atoms with E-state index in [0.29, 0.717) is 17.8 Å². The van der Waals surface area contributed by atoms with Crippen LogP contribution >= 0.6 is 0 Å². The van der Waals surface area contributed by atoms with Gasteiger partial charge in [0.1, 0.15) is 6.07 Å². The van der Waals surface area contributed by atoms with Crippen molar-refractivity contribution < 1.29 is 4.79 Å². The van der Waals surface area contributed by atoms with Gasteiger partial charge in [-0.3, -0.25) is 4.79 Å². The van der Waals surface area contributed by atoms with Gasteiger partial charge in [0, 0.05) is 13.6 Å². The Labute approximate surface area is 102 Å². The molecule has 0 fully saturated rings. The van der Waals surface area contributed by atoms with E-state index in [1.54, 1.807) is 11.9 Å². The highest BCUT2D eigenvalue weighted by Crippen LogP contribution is 2.17. The lowest BCUT2D eigenvalue weighted by atomic mass is 10.1. The summed E-state index contributed by atoms with van der Waals surface area (Å²) in [5.74, 6) is 0.0119. The zero-order valence-corrected chi connectivity index (χ0v) is 10.4. The van der Waals surface area contributed by atoms with Gasteiger partial charge >= 0.3 is 0 Å². The Morgan fingerprint density at radius 2 is 2.24 bits per heavy atom. The minimum atomic E-state index is 0.0119. The van der Waals surface area contributed by atoms with E-state index in [1.807, 2.05) is 32.0 Å². The van der Waals surface area contributed by atoms with E-state index < -0.39 is 0 Å². The Kier molecular flexibility index (Phi) is 4.53. The van der Waals surface area contributed by atoms with Gasteiger partial charge < -0.3 is 10.2 Å². The van der Waals surface area contributed by atoms with Crippen molar-refractivity contribution in [1.29, 1.82) is 5.26 Å². The van der Waals surface area contributed by atoms with Crippen molar-refractivity contribution in [3.8, 4) is 6.07 Å². The van der Waals surface area contributed by atoms with E-state index in [9.17, 15) is 4.79 Å². The Bertz CT molecular complexity index is 448. The Morgan fingerprint density at radius 1 is 1.53 bits per heavy atom. The third-order valence-electron chi connectivity index (χ3n) is 2.71. The number of benzene rings is 1. The summed E-state index contributed by atoms with van der Waals surface area (Å²) in [6, 6.07) is 7.70.